The zero-order valence-electron chi connectivity index (χ0n) is 10.8. The van der Waals surface area contributed by atoms with Crippen molar-refractivity contribution in [1.82, 2.24) is 5.32 Å². The van der Waals surface area contributed by atoms with Gasteiger partial charge in [-0.2, -0.15) is 0 Å². The standard InChI is InChI=1S/C16H16BrNO/c1-12-2-4-13(5-3-12)10-16(19)18-11-14-6-8-15(17)9-7-14/h2-9H,10-11H2,1H3,(H,18,19). The molecule has 0 heterocycles. The number of halogens is 1. The maximum absolute atomic E-state index is 11.8. The van der Waals surface area contributed by atoms with Gasteiger partial charge in [-0.15, -0.1) is 0 Å². The number of hydrogen-bond acceptors (Lipinski definition) is 1. The lowest BCUT2D eigenvalue weighted by atomic mass is 10.1. The van der Waals surface area contributed by atoms with Gasteiger partial charge in [-0.05, 0) is 30.2 Å². The maximum Gasteiger partial charge on any atom is 0.224 e. The van der Waals surface area contributed by atoms with Crippen molar-refractivity contribution in [2.45, 2.75) is 19.9 Å². The van der Waals surface area contributed by atoms with E-state index in [4.69, 9.17) is 0 Å². The van der Waals surface area contributed by atoms with Gasteiger partial charge in [0.15, 0.2) is 0 Å². The first-order valence-electron chi connectivity index (χ1n) is 6.20. The van der Waals surface area contributed by atoms with E-state index in [2.05, 4.69) is 21.2 Å². The van der Waals surface area contributed by atoms with Crippen LogP contribution in [0.2, 0.25) is 0 Å². The Hall–Kier alpha value is -1.61. The molecule has 3 heteroatoms. The Morgan fingerprint density at radius 2 is 1.58 bits per heavy atom. The Morgan fingerprint density at radius 3 is 2.21 bits per heavy atom. The first kappa shape index (κ1) is 13.8. The molecule has 0 unspecified atom stereocenters. The van der Waals surface area contributed by atoms with Crippen molar-refractivity contribution in [1.29, 1.82) is 0 Å². The minimum atomic E-state index is 0.0479. The molecule has 1 N–H and O–H groups in total. The molecule has 1 amide bonds. The SMILES string of the molecule is Cc1ccc(CC(=O)NCc2ccc(Br)cc2)cc1. The van der Waals surface area contributed by atoms with Gasteiger partial charge in [-0.1, -0.05) is 57.9 Å². The van der Waals surface area contributed by atoms with E-state index in [0.717, 1.165) is 15.6 Å². The minimum Gasteiger partial charge on any atom is -0.352 e. The Bertz CT molecular complexity index is 546. The fourth-order valence-corrected chi connectivity index (χ4v) is 2.02. The molecule has 98 valence electrons. The van der Waals surface area contributed by atoms with Gasteiger partial charge in [0.1, 0.15) is 0 Å². The van der Waals surface area contributed by atoms with Gasteiger partial charge in [-0.25, -0.2) is 0 Å². The molecule has 0 aromatic heterocycles. The number of hydrogen-bond donors (Lipinski definition) is 1. The fourth-order valence-electron chi connectivity index (χ4n) is 1.76. The molecule has 0 atom stereocenters. The van der Waals surface area contributed by atoms with Gasteiger partial charge in [0, 0.05) is 11.0 Å². The van der Waals surface area contributed by atoms with Gasteiger partial charge in [0.05, 0.1) is 6.42 Å². The summed E-state index contributed by atoms with van der Waals surface area (Å²) in [5.41, 5.74) is 3.35. The number of benzene rings is 2. The summed E-state index contributed by atoms with van der Waals surface area (Å²) in [6, 6.07) is 16.0. The summed E-state index contributed by atoms with van der Waals surface area (Å²) in [7, 11) is 0. The number of carbonyl (C=O) groups is 1. The first-order chi connectivity index (χ1) is 9.13. The average molecular weight is 318 g/mol. The Kier molecular flexibility index (Phi) is 4.74. The third kappa shape index (κ3) is 4.52. The van der Waals surface area contributed by atoms with Crippen LogP contribution in [0.25, 0.3) is 0 Å². The van der Waals surface area contributed by atoms with Crippen LogP contribution in [0.3, 0.4) is 0 Å². The Morgan fingerprint density at radius 1 is 1.00 bits per heavy atom. The normalized spacial score (nSPS) is 10.2. The number of amides is 1. The van der Waals surface area contributed by atoms with Gasteiger partial charge in [-0.3, -0.25) is 4.79 Å². The summed E-state index contributed by atoms with van der Waals surface area (Å²) in [6.45, 7) is 2.61. The van der Waals surface area contributed by atoms with Crippen LogP contribution in [0, 0.1) is 6.92 Å². The quantitative estimate of drug-likeness (QED) is 0.917. The maximum atomic E-state index is 11.8. The predicted octanol–water partition coefficient (Wildman–Crippen LogP) is 3.62. The monoisotopic (exact) mass is 317 g/mol. The van der Waals surface area contributed by atoms with E-state index in [1.807, 2.05) is 55.5 Å². The van der Waals surface area contributed by atoms with Crippen molar-refractivity contribution < 1.29 is 4.79 Å². The van der Waals surface area contributed by atoms with Gasteiger partial charge >= 0.3 is 0 Å². The highest BCUT2D eigenvalue weighted by atomic mass is 79.9. The molecular weight excluding hydrogens is 302 g/mol. The molecule has 0 aliphatic carbocycles. The highest BCUT2D eigenvalue weighted by Gasteiger charge is 2.03. The summed E-state index contributed by atoms with van der Waals surface area (Å²) in [5, 5.41) is 2.93. The molecule has 19 heavy (non-hydrogen) atoms. The second-order valence-corrected chi connectivity index (χ2v) is 5.48. The second-order valence-electron chi connectivity index (χ2n) is 4.57. The zero-order chi connectivity index (χ0) is 13.7. The third-order valence-electron chi connectivity index (χ3n) is 2.89. The average Bonchev–Trinajstić information content (AvgIpc) is 2.41. The van der Waals surface area contributed by atoms with Crippen molar-refractivity contribution in [3.63, 3.8) is 0 Å². The van der Waals surface area contributed by atoms with Crippen LogP contribution in [-0.4, -0.2) is 5.91 Å². The van der Waals surface area contributed by atoms with Gasteiger partial charge < -0.3 is 5.32 Å². The smallest absolute Gasteiger partial charge is 0.224 e. The number of rotatable bonds is 4. The van der Waals surface area contributed by atoms with Crippen LogP contribution in [0.5, 0.6) is 0 Å². The minimum absolute atomic E-state index is 0.0479. The molecule has 0 aliphatic heterocycles. The second kappa shape index (κ2) is 6.53. The van der Waals surface area contributed by atoms with Gasteiger partial charge in [0.2, 0.25) is 5.91 Å². The van der Waals surface area contributed by atoms with E-state index in [1.54, 1.807) is 0 Å². The summed E-state index contributed by atoms with van der Waals surface area (Å²) < 4.78 is 1.04. The summed E-state index contributed by atoms with van der Waals surface area (Å²) in [5.74, 6) is 0.0479. The molecule has 0 saturated heterocycles. The summed E-state index contributed by atoms with van der Waals surface area (Å²) in [4.78, 5) is 11.8. The van der Waals surface area contributed by atoms with Crippen molar-refractivity contribution >= 4 is 21.8 Å². The molecule has 0 fully saturated rings. The molecule has 2 rings (SSSR count). The lowest BCUT2D eigenvalue weighted by Crippen LogP contribution is -2.24. The molecule has 0 aliphatic rings. The molecule has 0 bridgehead atoms. The van der Waals surface area contributed by atoms with Gasteiger partial charge in [0.25, 0.3) is 0 Å². The predicted molar refractivity (Wildman–Crippen MR) is 80.9 cm³/mol. The number of aryl methyl sites for hydroxylation is 1. The zero-order valence-corrected chi connectivity index (χ0v) is 12.4. The topological polar surface area (TPSA) is 29.1 Å². The van der Waals surface area contributed by atoms with E-state index < -0.39 is 0 Å². The lowest BCUT2D eigenvalue weighted by Gasteiger charge is -2.06. The molecule has 0 spiro atoms. The van der Waals surface area contributed by atoms with Crippen molar-refractivity contribution in [2.75, 3.05) is 0 Å². The van der Waals surface area contributed by atoms with Crippen LogP contribution in [0.15, 0.2) is 53.0 Å². The van der Waals surface area contributed by atoms with Crippen molar-refractivity contribution in [3.05, 3.63) is 69.7 Å². The fraction of sp³-hybridized carbons (Fsp3) is 0.188. The highest BCUT2D eigenvalue weighted by Crippen LogP contribution is 2.10. The molecule has 0 radical (unpaired) electrons. The third-order valence-corrected chi connectivity index (χ3v) is 3.42. The van der Waals surface area contributed by atoms with Crippen LogP contribution in [-0.2, 0) is 17.8 Å². The summed E-state index contributed by atoms with van der Waals surface area (Å²) in [6.07, 6.45) is 0.427. The van der Waals surface area contributed by atoms with Crippen molar-refractivity contribution in [3.8, 4) is 0 Å². The van der Waals surface area contributed by atoms with E-state index in [-0.39, 0.29) is 5.91 Å². The Labute approximate surface area is 122 Å². The summed E-state index contributed by atoms with van der Waals surface area (Å²) >= 11 is 3.39. The first-order valence-corrected chi connectivity index (χ1v) is 6.99. The number of nitrogens with one attached hydrogen (secondary N) is 1. The highest BCUT2D eigenvalue weighted by molar-refractivity contribution is 9.10. The molecule has 2 nitrogen and oxygen atoms in total. The lowest BCUT2D eigenvalue weighted by molar-refractivity contribution is -0.120. The van der Waals surface area contributed by atoms with E-state index >= 15 is 0 Å². The van der Waals surface area contributed by atoms with Crippen LogP contribution in [0.4, 0.5) is 0 Å². The largest absolute Gasteiger partial charge is 0.352 e. The van der Waals surface area contributed by atoms with Crippen LogP contribution in [0.1, 0.15) is 16.7 Å². The molecule has 2 aromatic rings. The van der Waals surface area contributed by atoms with E-state index in [1.165, 1.54) is 5.56 Å². The van der Waals surface area contributed by atoms with Crippen LogP contribution >= 0.6 is 15.9 Å². The van der Waals surface area contributed by atoms with Crippen molar-refractivity contribution in [2.24, 2.45) is 0 Å². The van der Waals surface area contributed by atoms with Crippen LogP contribution < -0.4 is 5.32 Å². The van der Waals surface area contributed by atoms with E-state index in [0.29, 0.717) is 13.0 Å². The number of carbonyl (C=O) groups excluding carboxylic acids is 1. The molecule has 0 saturated carbocycles. The van der Waals surface area contributed by atoms with E-state index in [9.17, 15) is 4.79 Å². The molecular formula is C16H16BrNO. The molecule has 2 aromatic carbocycles. The Balaban J connectivity index is 1.84.